The zero-order valence-electron chi connectivity index (χ0n) is 16.6. The third-order valence-electron chi connectivity index (χ3n) is 4.47. The van der Waals surface area contributed by atoms with E-state index in [1.807, 2.05) is 31.2 Å². The van der Waals surface area contributed by atoms with Crippen LogP contribution in [0.1, 0.15) is 22.3 Å². The summed E-state index contributed by atoms with van der Waals surface area (Å²) in [7, 11) is 5.82. The number of rotatable bonds is 7. The molecule has 1 aromatic heterocycles. The third kappa shape index (κ3) is 4.46. The molecule has 0 aliphatic heterocycles. The fraction of sp³-hybridized carbons (Fsp3) is 0.333. The highest BCUT2D eigenvalue weighted by Gasteiger charge is 2.23. The molecule has 0 radical (unpaired) electrons. The Labute approximate surface area is 174 Å². The van der Waals surface area contributed by atoms with Crippen molar-refractivity contribution in [3.05, 3.63) is 52.5 Å². The molecule has 0 fully saturated rings. The summed E-state index contributed by atoms with van der Waals surface area (Å²) < 4.78 is 6.26. The van der Waals surface area contributed by atoms with Crippen molar-refractivity contribution in [3.8, 4) is 5.75 Å². The van der Waals surface area contributed by atoms with Crippen LogP contribution in [0.15, 0.2) is 36.4 Å². The second-order valence-corrected chi connectivity index (χ2v) is 8.45. The van der Waals surface area contributed by atoms with Gasteiger partial charge < -0.3 is 9.64 Å². The predicted molar refractivity (Wildman–Crippen MR) is 116 cm³/mol. The maximum absolute atomic E-state index is 13.3. The number of nitrogens with zero attached hydrogens (tertiary/aromatic N) is 2. The molecule has 1 heterocycles. The summed E-state index contributed by atoms with van der Waals surface area (Å²) in [6.45, 7) is 3.54. The summed E-state index contributed by atoms with van der Waals surface area (Å²) in [5, 5.41) is 1.25. The number of hydrogen-bond acceptors (Lipinski definition) is 4. The van der Waals surface area contributed by atoms with Crippen molar-refractivity contribution in [2.24, 2.45) is 0 Å². The number of aromatic nitrogens is 1. The van der Waals surface area contributed by atoms with E-state index in [1.54, 1.807) is 24.1 Å². The van der Waals surface area contributed by atoms with Crippen LogP contribution in [0.3, 0.4) is 0 Å². The fourth-order valence-electron chi connectivity index (χ4n) is 3.03. The van der Waals surface area contributed by atoms with Crippen molar-refractivity contribution in [2.45, 2.75) is 13.3 Å². The van der Waals surface area contributed by atoms with E-state index in [0.717, 1.165) is 23.2 Å². The van der Waals surface area contributed by atoms with Crippen molar-refractivity contribution in [2.75, 3.05) is 39.2 Å². The summed E-state index contributed by atoms with van der Waals surface area (Å²) in [6, 6.07) is 11.2. The Bertz CT molecular complexity index is 987. The molecule has 1 N–H and O–H groups in total. The Morgan fingerprint density at radius 3 is 2.75 bits per heavy atom. The molecule has 0 saturated heterocycles. The molecular weight excluding hydrogens is 394 g/mol. The minimum atomic E-state index is -0.0494. The highest BCUT2D eigenvalue weighted by atomic mass is 35.5. The number of nitrogens with one attached hydrogen (secondary N) is 1. The predicted octanol–water partition coefficient (Wildman–Crippen LogP) is 3.45. The van der Waals surface area contributed by atoms with Crippen LogP contribution >= 0.6 is 22.9 Å². The summed E-state index contributed by atoms with van der Waals surface area (Å²) in [5.41, 5.74) is 2.40. The Balaban J connectivity index is 2.02. The lowest BCUT2D eigenvalue weighted by molar-refractivity contribution is -0.858. The van der Waals surface area contributed by atoms with Gasteiger partial charge in [0.25, 0.3) is 5.91 Å². The Hall–Kier alpha value is -2.15. The molecule has 28 heavy (non-hydrogen) atoms. The molecule has 2 aromatic carbocycles. The van der Waals surface area contributed by atoms with E-state index >= 15 is 0 Å². The van der Waals surface area contributed by atoms with Crippen LogP contribution in [0, 0.1) is 6.92 Å². The molecule has 5 nitrogen and oxygen atoms in total. The van der Waals surface area contributed by atoms with E-state index in [-0.39, 0.29) is 5.91 Å². The van der Waals surface area contributed by atoms with E-state index in [1.165, 1.54) is 16.2 Å². The van der Waals surface area contributed by atoms with Gasteiger partial charge in [0, 0.05) is 18.5 Å². The zero-order valence-corrected chi connectivity index (χ0v) is 18.2. The maximum Gasteiger partial charge on any atom is 0.260 e. The van der Waals surface area contributed by atoms with Crippen molar-refractivity contribution < 1.29 is 14.4 Å². The summed E-state index contributed by atoms with van der Waals surface area (Å²) in [5.74, 6) is 0.606. The summed E-state index contributed by atoms with van der Waals surface area (Å²) in [4.78, 5) is 21.1. The van der Waals surface area contributed by atoms with Gasteiger partial charge in [-0.3, -0.25) is 9.69 Å². The molecule has 0 aliphatic rings. The molecule has 0 unspecified atom stereocenters. The van der Waals surface area contributed by atoms with Crippen molar-refractivity contribution >= 4 is 44.2 Å². The fourth-order valence-corrected chi connectivity index (χ4v) is 4.31. The number of fused-ring (bicyclic) bond motifs is 1. The molecule has 0 atom stereocenters. The number of hydrogen-bond donors (Lipinski definition) is 1. The first-order valence-electron chi connectivity index (χ1n) is 9.21. The number of quaternary nitrogens is 1. The average Bonchev–Trinajstić information content (AvgIpc) is 3.11. The highest BCUT2D eigenvalue weighted by Crippen LogP contribution is 2.39. The van der Waals surface area contributed by atoms with Crippen LogP contribution in [0.2, 0.25) is 5.02 Å². The van der Waals surface area contributed by atoms with Crippen molar-refractivity contribution in [1.29, 1.82) is 0 Å². The van der Waals surface area contributed by atoms with Gasteiger partial charge in [-0.25, -0.2) is 4.98 Å². The van der Waals surface area contributed by atoms with Crippen LogP contribution in [-0.4, -0.2) is 45.2 Å². The number of aryl methyl sites for hydroxylation is 1. The van der Waals surface area contributed by atoms with Crippen LogP contribution in [-0.2, 0) is 0 Å². The Morgan fingerprint density at radius 1 is 1.29 bits per heavy atom. The first kappa shape index (κ1) is 20.6. The first-order valence-corrected chi connectivity index (χ1v) is 10.4. The molecule has 0 aliphatic carbocycles. The lowest BCUT2D eigenvalue weighted by Gasteiger charge is -2.20. The van der Waals surface area contributed by atoms with Crippen molar-refractivity contribution in [3.63, 3.8) is 0 Å². The quantitative estimate of drug-likeness (QED) is 0.639. The molecule has 3 aromatic rings. The lowest BCUT2D eigenvalue weighted by atomic mass is 10.1. The van der Waals surface area contributed by atoms with E-state index in [0.29, 0.717) is 33.5 Å². The molecule has 7 heteroatoms. The lowest BCUT2D eigenvalue weighted by Crippen LogP contribution is -3.05. The number of carbonyl (C=O) groups is 1. The first-order chi connectivity index (χ1) is 13.4. The third-order valence-corrected chi connectivity index (χ3v) is 6.01. The van der Waals surface area contributed by atoms with Gasteiger partial charge in [0.15, 0.2) is 5.13 Å². The average molecular weight is 419 g/mol. The molecule has 0 bridgehead atoms. The van der Waals surface area contributed by atoms with Gasteiger partial charge >= 0.3 is 0 Å². The van der Waals surface area contributed by atoms with E-state index < -0.39 is 0 Å². The number of anilines is 1. The number of carbonyl (C=O) groups excluding carboxylic acids is 1. The van der Waals surface area contributed by atoms with E-state index in [2.05, 4.69) is 14.1 Å². The number of methoxy groups -OCH3 is 1. The summed E-state index contributed by atoms with van der Waals surface area (Å²) in [6.07, 6.45) is 0.876. The smallest absolute Gasteiger partial charge is 0.260 e. The minimum absolute atomic E-state index is 0.0494. The maximum atomic E-state index is 13.3. The van der Waals surface area contributed by atoms with Crippen LogP contribution in [0.4, 0.5) is 5.13 Å². The standard InChI is InChI=1S/C21H24ClN3O2S/c1-14-7-5-8-15(13-14)20(26)25(12-6-11-24(2)3)21-23-18-17(27-4)10-9-16(22)19(18)28-21/h5,7-10,13H,6,11-12H2,1-4H3/p+1. The monoisotopic (exact) mass is 418 g/mol. The molecular formula is C21H25ClN3O2S+. The molecule has 0 saturated carbocycles. The van der Waals surface area contributed by atoms with Crippen LogP contribution in [0.25, 0.3) is 10.2 Å². The second kappa shape index (κ2) is 8.90. The molecule has 0 spiro atoms. The van der Waals surface area contributed by atoms with Crippen LogP contribution in [0.5, 0.6) is 5.75 Å². The van der Waals surface area contributed by atoms with E-state index in [9.17, 15) is 4.79 Å². The zero-order chi connectivity index (χ0) is 20.3. The van der Waals surface area contributed by atoms with Gasteiger partial charge in [0.2, 0.25) is 0 Å². The number of benzene rings is 2. The van der Waals surface area contributed by atoms with Gasteiger partial charge in [-0.05, 0) is 31.2 Å². The molecule has 1 amide bonds. The second-order valence-electron chi connectivity index (χ2n) is 7.06. The molecule has 3 rings (SSSR count). The van der Waals surface area contributed by atoms with Gasteiger partial charge in [-0.2, -0.15) is 0 Å². The molecule has 148 valence electrons. The number of halogens is 1. The van der Waals surface area contributed by atoms with Crippen LogP contribution < -0.4 is 14.5 Å². The SMILES string of the molecule is COc1ccc(Cl)c2sc(N(CCC[NH+](C)C)C(=O)c3cccc(C)c3)nc12. The van der Waals surface area contributed by atoms with E-state index in [4.69, 9.17) is 21.3 Å². The number of thiazole rings is 1. The Kier molecular flexibility index (Phi) is 6.54. The minimum Gasteiger partial charge on any atom is -0.494 e. The van der Waals surface area contributed by atoms with Crippen molar-refractivity contribution in [1.82, 2.24) is 4.98 Å². The largest absolute Gasteiger partial charge is 0.494 e. The highest BCUT2D eigenvalue weighted by molar-refractivity contribution is 7.23. The van der Waals surface area contributed by atoms with Gasteiger partial charge in [0.05, 0.1) is 37.5 Å². The number of ether oxygens (including phenoxy) is 1. The van der Waals surface area contributed by atoms with Gasteiger partial charge in [0.1, 0.15) is 11.3 Å². The summed E-state index contributed by atoms with van der Waals surface area (Å²) >= 11 is 7.80. The topological polar surface area (TPSA) is 46.9 Å². The van der Waals surface area contributed by atoms with Gasteiger partial charge in [-0.15, -0.1) is 0 Å². The normalized spacial score (nSPS) is 11.2. The van der Waals surface area contributed by atoms with Gasteiger partial charge in [-0.1, -0.05) is 40.6 Å². The Morgan fingerprint density at radius 2 is 2.07 bits per heavy atom. The number of amides is 1.